The van der Waals surface area contributed by atoms with E-state index < -0.39 is 0 Å². The molecule has 3 aromatic rings. The number of hydrogen-bond donors (Lipinski definition) is 1. The van der Waals surface area contributed by atoms with Crippen LogP contribution in [0.2, 0.25) is 0 Å². The quantitative estimate of drug-likeness (QED) is 0.739. The van der Waals surface area contributed by atoms with Crippen LogP contribution in [0.25, 0.3) is 11.0 Å². The Morgan fingerprint density at radius 3 is 2.84 bits per heavy atom. The summed E-state index contributed by atoms with van der Waals surface area (Å²) in [5.74, 6) is 2.20. The summed E-state index contributed by atoms with van der Waals surface area (Å²) in [6, 6.07) is 7.96. The van der Waals surface area contributed by atoms with Crippen molar-refractivity contribution in [2.45, 2.75) is 30.7 Å². The number of benzene rings is 1. The van der Waals surface area contributed by atoms with E-state index >= 15 is 0 Å². The molecule has 1 aromatic carbocycles. The van der Waals surface area contributed by atoms with Crippen LogP contribution in [0.4, 0.5) is 0 Å². The Morgan fingerprint density at radius 1 is 1.26 bits per heavy atom. The van der Waals surface area contributed by atoms with Gasteiger partial charge in [-0.15, -0.1) is 10.2 Å². The van der Waals surface area contributed by atoms with Crippen LogP contribution in [0.15, 0.2) is 33.8 Å². The van der Waals surface area contributed by atoms with Crippen LogP contribution in [-0.4, -0.2) is 20.2 Å². The van der Waals surface area contributed by atoms with Crippen molar-refractivity contribution in [3.8, 4) is 0 Å². The van der Waals surface area contributed by atoms with Crippen molar-refractivity contribution in [2.24, 2.45) is 0 Å². The fourth-order valence-electron chi connectivity index (χ4n) is 1.69. The summed E-state index contributed by atoms with van der Waals surface area (Å²) < 4.78 is 5.56. The van der Waals surface area contributed by atoms with Gasteiger partial charge in [0.25, 0.3) is 0 Å². The Bertz CT molecular complexity index is 656. The fourth-order valence-corrected chi connectivity index (χ4v) is 2.41. The number of rotatable bonds is 4. The molecule has 0 amide bonds. The van der Waals surface area contributed by atoms with Gasteiger partial charge in [-0.2, -0.15) is 0 Å². The number of aromatic nitrogens is 4. The molecular formula is C13H14N4OS. The van der Waals surface area contributed by atoms with Crippen LogP contribution >= 0.6 is 11.8 Å². The molecule has 0 fully saturated rings. The monoisotopic (exact) mass is 274 g/mol. The topological polar surface area (TPSA) is 67.6 Å². The first kappa shape index (κ1) is 12.2. The zero-order chi connectivity index (χ0) is 13.2. The van der Waals surface area contributed by atoms with Crippen molar-refractivity contribution >= 4 is 22.8 Å². The lowest BCUT2D eigenvalue weighted by molar-refractivity contribution is 0.445. The van der Waals surface area contributed by atoms with Gasteiger partial charge in [0.15, 0.2) is 5.16 Å². The molecule has 0 aliphatic carbocycles. The fraction of sp³-hybridized carbons (Fsp3) is 0.308. The minimum atomic E-state index is 0.262. The number of nitrogens with zero attached hydrogens (tertiary/aromatic N) is 3. The number of aromatic amines is 1. The average molecular weight is 274 g/mol. The Kier molecular flexibility index (Phi) is 3.25. The maximum Gasteiger partial charge on any atom is 0.226 e. The van der Waals surface area contributed by atoms with Crippen LogP contribution in [0.3, 0.4) is 0 Å². The van der Waals surface area contributed by atoms with Gasteiger partial charge >= 0.3 is 0 Å². The van der Waals surface area contributed by atoms with Gasteiger partial charge in [0.1, 0.15) is 0 Å². The van der Waals surface area contributed by atoms with Crippen molar-refractivity contribution in [1.29, 1.82) is 0 Å². The molecule has 0 saturated heterocycles. The molecule has 0 aliphatic rings. The standard InChI is InChI=1S/C13H14N4OS/c1-8(2)12-17-16-11(18-12)7-19-13-14-9-5-3-4-6-10(9)15-13/h3-6,8H,7H2,1-2H3,(H,14,15). The minimum Gasteiger partial charge on any atom is -0.424 e. The first-order valence-corrected chi connectivity index (χ1v) is 7.11. The second-order valence-electron chi connectivity index (χ2n) is 4.54. The molecule has 0 bridgehead atoms. The summed E-state index contributed by atoms with van der Waals surface area (Å²) in [5.41, 5.74) is 2.01. The lowest BCUT2D eigenvalue weighted by atomic mass is 10.2. The molecule has 98 valence electrons. The molecule has 2 aromatic heterocycles. The van der Waals surface area contributed by atoms with Crippen molar-refractivity contribution in [2.75, 3.05) is 0 Å². The van der Waals surface area contributed by atoms with Gasteiger partial charge in [0.2, 0.25) is 11.8 Å². The van der Waals surface area contributed by atoms with Crippen molar-refractivity contribution < 1.29 is 4.42 Å². The van der Waals surface area contributed by atoms with E-state index in [2.05, 4.69) is 20.2 Å². The second kappa shape index (κ2) is 5.05. The number of fused-ring (bicyclic) bond motifs is 1. The van der Waals surface area contributed by atoms with Crippen molar-refractivity contribution in [1.82, 2.24) is 20.2 Å². The lowest BCUT2D eigenvalue weighted by Crippen LogP contribution is -1.85. The maximum absolute atomic E-state index is 5.56. The molecule has 3 rings (SSSR count). The smallest absolute Gasteiger partial charge is 0.226 e. The van der Waals surface area contributed by atoms with Gasteiger partial charge in [0.05, 0.1) is 16.8 Å². The second-order valence-corrected chi connectivity index (χ2v) is 5.50. The molecule has 6 heteroatoms. The van der Waals surface area contributed by atoms with Gasteiger partial charge in [0, 0.05) is 5.92 Å². The Morgan fingerprint density at radius 2 is 2.11 bits per heavy atom. The zero-order valence-corrected chi connectivity index (χ0v) is 11.6. The van der Waals surface area contributed by atoms with E-state index in [1.165, 1.54) is 0 Å². The summed E-state index contributed by atoms with van der Waals surface area (Å²) in [7, 11) is 0. The van der Waals surface area contributed by atoms with Gasteiger partial charge in [-0.1, -0.05) is 37.7 Å². The van der Waals surface area contributed by atoms with E-state index in [9.17, 15) is 0 Å². The number of H-pyrrole nitrogens is 1. The summed E-state index contributed by atoms with van der Waals surface area (Å²) in [6.45, 7) is 4.06. The third-order valence-corrected chi connectivity index (χ3v) is 3.53. The van der Waals surface area contributed by atoms with E-state index in [1.54, 1.807) is 11.8 Å². The molecule has 0 saturated carbocycles. The Balaban J connectivity index is 1.71. The highest BCUT2D eigenvalue weighted by Gasteiger charge is 2.10. The number of thioether (sulfide) groups is 1. The maximum atomic E-state index is 5.56. The molecule has 0 atom stereocenters. The lowest BCUT2D eigenvalue weighted by Gasteiger charge is -1.94. The first-order chi connectivity index (χ1) is 9.22. The molecule has 1 N–H and O–H groups in total. The number of nitrogens with one attached hydrogen (secondary N) is 1. The Hall–Kier alpha value is -1.82. The highest BCUT2D eigenvalue weighted by molar-refractivity contribution is 7.98. The van der Waals surface area contributed by atoms with E-state index in [0.717, 1.165) is 16.2 Å². The molecule has 19 heavy (non-hydrogen) atoms. The van der Waals surface area contributed by atoms with Crippen molar-refractivity contribution in [3.63, 3.8) is 0 Å². The molecule has 0 unspecified atom stereocenters. The van der Waals surface area contributed by atoms with Gasteiger partial charge in [-0.3, -0.25) is 0 Å². The number of hydrogen-bond acceptors (Lipinski definition) is 5. The van der Waals surface area contributed by atoms with E-state index in [-0.39, 0.29) is 5.92 Å². The van der Waals surface area contributed by atoms with E-state index in [4.69, 9.17) is 4.42 Å². The molecule has 5 nitrogen and oxygen atoms in total. The van der Waals surface area contributed by atoms with Crippen LogP contribution in [0.1, 0.15) is 31.5 Å². The third kappa shape index (κ3) is 2.63. The summed E-state index contributed by atoms with van der Waals surface area (Å²) in [4.78, 5) is 7.74. The summed E-state index contributed by atoms with van der Waals surface area (Å²) in [5, 5.41) is 8.90. The normalized spacial score (nSPS) is 11.5. The molecular weight excluding hydrogens is 260 g/mol. The van der Waals surface area contributed by atoms with Gasteiger partial charge < -0.3 is 9.40 Å². The third-order valence-electron chi connectivity index (χ3n) is 2.68. The minimum absolute atomic E-state index is 0.262. The van der Waals surface area contributed by atoms with Crippen LogP contribution < -0.4 is 0 Å². The zero-order valence-electron chi connectivity index (χ0n) is 10.8. The predicted octanol–water partition coefficient (Wildman–Crippen LogP) is 3.36. The molecule has 0 aliphatic heterocycles. The summed E-state index contributed by atoms with van der Waals surface area (Å²) in [6.07, 6.45) is 0. The van der Waals surface area contributed by atoms with Crippen molar-refractivity contribution in [3.05, 3.63) is 36.0 Å². The van der Waals surface area contributed by atoms with Crippen LogP contribution in [0, 0.1) is 0 Å². The SMILES string of the molecule is CC(C)c1nnc(CSc2nc3ccccc3[nH]2)o1. The predicted molar refractivity (Wildman–Crippen MR) is 74.0 cm³/mol. The first-order valence-electron chi connectivity index (χ1n) is 6.12. The van der Waals surface area contributed by atoms with E-state index in [1.807, 2.05) is 38.1 Å². The van der Waals surface area contributed by atoms with E-state index in [0.29, 0.717) is 17.5 Å². The largest absolute Gasteiger partial charge is 0.424 e. The number of imidazole rings is 1. The highest BCUT2D eigenvalue weighted by Crippen LogP contribution is 2.23. The number of para-hydroxylation sites is 2. The molecule has 0 spiro atoms. The van der Waals surface area contributed by atoms with Gasteiger partial charge in [-0.25, -0.2) is 4.98 Å². The van der Waals surface area contributed by atoms with Crippen LogP contribution in [0.5, 0.6) is 0 Å². The summed E-state index contributed by atoms with van der Waals surface area (Å²) >= 11 is 1.56. The van der Waals surface area contributed by atoms with Crippen LogP contribution in [-0.2, 0) is 5.75 Å². The molecule has 0 radical (unpaired) electrons. The van der Waals surface area contributed by atoms with Gasteiger partial charge in [-0.05, 0) is 12.1 Å². The molecule has 2 heterocycles. The highest BCUT2D eigenvalue weighted by atomic mass is 32.2. The average Bonchev–Trinajstić information content (AvgIpc) is 3.02. The Labute approximate surface area is 114 Å².